The highest BCUT2D eigenvalue weighted by molar-refractivity contribution is 6.36. The monoisotopic (exact) mass is 317 g/mol. The fourth-order valence-electron chi connectivity index (χ4n) is 2.51. The van der Waals surface area contributed by atoms with Crippen LogP contribution in [0.1, 0.15) is 11.1 Å². The Morgan fingerprint density at radius 2 is 1.67 bits per heavy atom. The van der Waals surface area contributed by atoms with Crippen molar-refractivity contribution in [2.75, 3.05) is 0 Å². The molecule has 2 aromatic carbocycles. The molecule has 4 heteroatoms. The SMILES string of the molecule is Cc1cc(=O)n(Cc2c(Cl)cccc2Cl)c2ccccc12. The lowest BCUT2D eigenvalue weighted by atomic mass is 10.1. The van der Waals surface area contributed by atoms with Crippen LogP contribution in [-0.2, 0) is 6.54 Å². The quantitative estimate of drug-likeness (QED) is 0.673. The van der Waals surface area contributed by atoms with E-state index in [0.717, 1.165) is 22.0 Å². The summed E-state index contributed by atoms with van der Waals surface area (Å²) in [5.41, 5.74) is 2.56. The zero-order valence-corrected chi connectivity index (χ0v) is 12.9. The summed E-state index contributed by atoms with van der Waals surface area (Å²) in [5, 5.41) is 2.19. The Kier molecular flexibility index (Phi) is 3.75. The molecule has 0 aliphatic heterocycles. The first-order chi connectivity index (χ1) is 10.1. The predicted molar refractivity (Wildman–Crippen MR) is 88.5 cm³/mol. The Hall–Kier alpha value is -1.77. The fraction of sp³-hybridized carbons (Fsp3) is 0.118. The van der Waals surface area contributed by atoms with Crippen molar-refractivity contribution >= 4 is 34.1 Å². The molecular weight excluding hydrogens is 305 g/mol. The molecule has 3 rings (SSSR count). The number of nitrogens with zero attached hydrogens (tertiary/aromatic N) is 1. The molecule has 0 aliphatic rings. The smallest absolute Gasteiger partial charge is 0.251 e. The van der Waals surface area contributed by atoms with Gasteiger partial charge in [0.1, 0.15) is 0 Å². The number of rotatable bonds is 2. The van der Waals surface area contributed by atoms with Gasteiger partial charge in [-0.2, -0.15) is 0 Å². The van der Waals surface area contributed by atoms with E-state index in [0.29, 0.717) is 16.6 Å². The van der Waals surface area contributed by atoms with Crippen LogP contribution >= 0.6 is 23.2 Å². The first-order valence-electron chi connectivity index (χ1n) is 6.60. The van der Waals surface area contributed by atoms with E-state index in [-0.39, 0.29) is 5.56 Å². The second kappa shape index (κ2) is 5.55. The maximum Gasteiger partial charge on any atom is 0.251 e. The third kappa shape index (κ3) is 2.57. The molecule has 0 radical (unpaired) electrons. The minimum absolute atomic E-state index is 0.0535. The zero-order valence-electron chi connectivity index (χ0n) is 11.4. The number of hydrogen-bond donors (Lipinski definition) is 0. The van der Waals surface area contributed by atoms with Gasteiger partial charge < -0.3 is 4.57 Å². The van der Waals surface area contributed by atoms with Gasteiger partial charge in [0, 0.05) is 27.1 Å². The zero-order chi connectivity index (χ0) is 15.0. The van der Waals surface area contributed by atoms with Crippen LogP contribution in [0.4, 0.5) is 0 Å². The van der Waals surface area contributed by atoms with Crippen molar-refractivity contribution in [1.82, 2.24) is 4.57 Å². The van der Waals surface area contributed by atoms with Gasteiger partial charge in [0.05, 0.1) is 12.1 Å². The van der Waals surface area contributed by atoms with Crippen LogP contribution in [0.3, 0.4) is 0 Å². The summed E-state index contributed by atoms with van der Waals surface area (Å²) < 4.78 is 1.70. The number of benzene rings is 2. The fourth-order valence-corrected chi connectivity index (χ4v) is 3.02. The molecule has 0 unspecified atom stereocenters. The summed E-state index contributed by atoms with van der Waals surface area (Å²) in [4.78, 5) is 12.4. The topological polar surface area (TPSA) is 22.0 Å². The summed E-state index contributed by atoms with van der Waals surface area (Å²) in [6.07, 6.45) is 0. The number of fused-ring (bicyclic) bond motifs is 1. The summed E-state index contributed by atoms with van der Waals surface area (Å²) >= 11 is 12.4. The van der Waals surface area contributed by atoms with Crippen LogP contribution in [0, 0.1) is 6.92 Å². The van der Waals surface area contributed by atoms with Gasteiger partial charge in [-0.15, -0.1) is 0 Å². The molecule has 1 aromatic heterocycles. The number of aromatic nitrogens is 1. The van der Waals surface area contributed by atoms with Crippen molar-refractivity contribution in [2.24, 2.45) is 0 Å². The lowest BCUT2D eigenvalue weighted by molar-refractivity contribution is 0.793. The van der Waals surface area contributed by atoms with Crippen molar-refractivity contribution < 1.29 is 0 Å². The van der Waals surface area contributed by atoms with E-state index in [1.54, 1.807) is 28.8 Å². The Bertz CT molecular complexity index is 863. The lowest BCUT2D eigenvalue weighted by Crippen LogP contribution is -2.21. The summed E-state index contributed by atoms with van der Waals surface area (Å²) in [5.74, 6) is 0. The molecule has 106 valence electrons. The molecular formula is C17H13Cl2NO. The number of para-hydroxylation sites is 1. The van der Waals surface area contributed by atoms with Gasteiger partial charge >= 0.3 is 0 Å². The minimum atomic E-state index is -0.0535. The van der Waals surface area contributed by atoms with Crippen LogP contribution in [0.5, 0.6) is 0 Å². The molecule has 0 spiro atoms. The largest absolute Gasteiger partial charge is 0.304 e. The number of hydrogen-bond acceptors (Lipinski definition) is 1. The molecule has 0 saturated carbocycles. The Morgan fingerprint density at radius 3 is 2.38 bits per heavy atom. The third-order valence-electron chi connectivity index (χ3n) is 3.60. The van der Waals surface area contributed by atoms with E-state index < -0.39 is 0 Å². The maximum absolute atomic E-state index is 12.4. The van der Waals surface area contributed by atoms with Gasteiger partial charge in [-0.25, -0.2) is 0 Å². The second-order valence-corrected chi connectivity index (χ2v) is 5.78. The van der Waals surface area contributed by atoms with Gasteiger partial charge in [-0.1, -0.05) is 47.5 Å². The molecule has 21 heavy (non-hydrogen) atoms. The maximum atomic E-state index is 12.4. The molecule has 0 amide bonds. The summed E-state index contributed by atoms with van der Waals surface area (Å²) in [6.45, 7) is 2.30. The van der Waals surface area contributed by atoms with Crippen LogP contribution in [0.15, 0.2) is 53.3 Å². The molecule has 0 atom stereocenters. The first-order valence-corrected chi connectivity index (χ1v) is 7.35. The van der Waals surface area contributed by atoms with Crippen LogP contribution in [0.2, 0.25) is 10.0 Å². The van der Waals surface area contributed by atoms with Gasteiger partial charge in [0.15, 0.2) is 0 Å². The highest BCUT2D eigenvalue weighted by atomic mass is 35.5. The molecule has 0 aliphatic carbocycles. The van der Waals surface area contributed by atoms with Crippen LogP contribution < -0.4 is 5.56 Å². The third-order valence-corrected chi connectivity index (χ3v) is 4.31. The highest BCUT2D eigenvalue weighted by Crippen LogP contribution is 2.26. The van der Waals surface area contributed by atoms with E-state index in [4.69, 9.17) is 23.2 Å². The number of halogens is 2. The molecule has 0 fully saturated rings. The molecule has 0 N–H and O–H groups in total. The Labute approximate surface area is 132 Å². The van der Waals surface area contributed by atoms with E-state index in [1.807, 2.05) is 31.2 Å². The average Bonchev–Trinajstić information content (AvgIpc) is 2.46. The number of aryl methyl sites for hydroxylation is 1. The summed E-state index contributed by atoms with van der Waals surface area (Å²) in [7, 11) is 0. The van der Waals surface area contributed by atoms with E-state index in [2.05, 4.69) is 0 Å². The molecule has 0 bridgehead atoms. The van der Waals surface area contributed by atoms with Crippen molar-refractivity contribution in [1.29, 1.82) is 0 Å². The van der Waals surface area contributed by atoms with E-state index in [1.165, 1.54) is 0 Å². The van der Waals surface area contributed by atoms with Gasteiger partial charge in [0.2, 0.25) is 0 Å². The molecule has 1 heterocycles. The normalized spacial score (nSPS) is 11.0. The van der Waals surface area contributed by atoms with Crippen LogP contribution in [0.25, 0.3) is 10.9 Å². The van der Waals surface area contributed by atoms with Crippen molar-refractivity contribution in [3.63, 3.8) is 0 Å². The standard InChI is InChI=1S/C17H13Cl2NO/c1-11-9-17(21)20(16-8-3-2-5-12(11)16)10-13-14(18)6-4-7-15(13)19/h2-9H,10H2,1H3. The predicted octanol–water partition coefficient (Wildman–Crippen LogP) is 4.67. The van der Waals surface area contributed by atoms with Gasteiger partial charge in [-0.3, -0.25) is 4.79 Å². The van der Waals surface area contributed by atoms with Gasteiger partial charge in [0.25, 0.3) is 5.56 Å². The Morgan fingerprint density at radius 1 is 1.00 bits per heavy atom. The molecule has 0 saturated heterocycles. The second-order valence-electron chi connectivity index (χ2n) is 4.97. The summed E-state index contributed by atoms with van der Waals surface area (Å²) in [6, 6.07) is 14.8. The average molecular weight is 318 g/mol. The highest BCUT2D eigenvalue weighted by Gasteiger charge is 2.10. The van der Waals surface area contributed by atoms with E-state index >= 15 is 0 Å². The molecule has 2 nitrogen and oxygen atoms in total. The first kappa shape index (κ1) is 14.2. The minimum Gasteiger partial charge on any atom is -0.304 e. The van der Waals surface area contributed by atoms with Crippen molar-refractivity contribution in [3.05, 3.63) is 80.1 Å². The van der Waals surface area contributed by atoms with E-state index in [9.17, 15) is 4.79 Å². The Balaban J connectivity index is 2.24. The number of pyridine rings is 1. The lowest BCUT2D eigenvalue weighted by Gasteiger charge is -2.14. The van der Waals surface area contributed by atoms with Crippen molar-refractivity contribution in [2.45, 2.75) is 13.5 Å². The molecule has 3 aromatic rings. The van der Waals surface area contributed by atoms with Crippen LogP contribution in [-0.4, -0.2) is 4.57 Å². The van der Waals surface area contributed by atoms with Crippen molar-refractivity contribution in [3.8, 4) is 0 Å². The van der Waals surface area contributed by atoms with Gasteiger partial charge in [-0.05, 0) is 30.7 Å².